The molecule has 0 radical (unpaired) electrons. The number of hydrogen-bond donors (Lipinski definition) is 0. The molecule has 0 spiro atoms. The highest BCUT2D eigenvalue weighted by molar-refractivity contribution is 4.95. The Morgan fingerprint density at radius 1 is 1.19 bits per heavy atom. The molecule has 3 heteroatoms. The summed E-state index contributed by atoms with van der Waals surface area (Å²) in [6, 6.07) is 0.840. The number of nitrogens with zero attached hydrogens (tertiary/aromatic N) is 2. The van der Waals surface area contributed by atoms with Gasteiger partial charge in [0, 0.05) is 37.8 Å². The zero-order valence-corrected chi connectivity index (χ0v) is 10.5. The molecule has 0 aliphatic carbocycles. The first-order valence-electron chi connectivity index (χ1n) is 6.85. The molecule has 92 valence electrons. The van der Waals surface area contributed by atoms with Crippen LogP contribution in [0.15, 0.2) is 0 Å². The summed E-state index contributed by atoms with van der Waals surface area (Å²) in [4.78, 5) is 5.39. The minimum atomic E-state index is 0.326. The molecule has 0 aromatic carbocycles. The zero-order valence-electron chi connectivity index (χ0n) is 10.5. The van der Waals surface area contributed by atoms with Crippen molar-refractivity contribution in [3.05, 3.63) is 0 Å². The number of rotatable bonds is 1. The molecule has 3 heterocycles. The fourth-order valence-electron chi connectivity index (χ4n) is 3.65. The van der Waals surface area contributed by atoms with Crippen molar-refractivity contribution >= 4 is 0 Å². The van der Waals surface area contributed by atoms with E-state index in [0.717, 1.165) is 19.3 Å². The maximum Gasteiger partial charge on any atom is 0.0647 e. The molecule has 0 amide bonds. The fourth-order valence-corrected chi connectivity index (χ4v) is 3.65. The van der Waals surface area contributed by atoms with E-state index in [1.807, 2.05) is 0 Å². The van der Waals surface area contributed by atoms with Gasteiger partial charge in [0.05, 0.1) is 6.61 Å². The fraction of sp³-hybridized carbons (Fsp3) is 1.00. The summed E-state index contributed by atoms with van der Waals surface area (Å²) in [5.41, 5.74) is 0.326. The quantitative estimate of drug-likeness (QED) is 0.668. The summed E-state index contributed by atoms with van der Waals surface area (Å²) in [7, 11) is 0. The second-order valence-corrected chi connectivity index (χ2v) is 5.93. The minimum Gasteiger partial charge on any atom is -0.380 e. The molecule has 3 saturated heterocycles. The molecule has 0 aromatic heterocycles. The standard InChI is InChI=1S/C13H24N2O/c1-13(5-3-9-16-11-13)15-8-7-14-6-2-4-12(14)10-15/h12H,2-11H2,1H3. The van der Waals surface area contributed by atoms with Crippen molar-refractivity contribution in [2.24, 2.45) is 0 Å². The Labute approximate surface area is 98.7 Å². The van der Waals surface area contributed by atoms with Crippen molar-refractivity contribution in [1.29, 1.82) is 0 Å². The predicted molar refractivity (Wildman–Crippen MR) is 64.6 cm³/mol. The van der Waals surface area contributed by atoms with Gasteiger partial charge in [-0.05, 0) is 39.2 Å². The average molecular weight is 224 g/mol. The molecule has 0 N–H and O–H groups in total. The van der Waals surface area contributed by atoms with Crippen LogP contribution < -0.4 is 0 Å². The van der Waals surface area contributed by atoms with Crippen molar-refractivity contribution < 1.29 is 4.74 Å². The number of piperazine rings is 1. The largest absolute Gasteiger partial charge is 0.380 e. The molecule has 3 aliphatic heterocycles. The molecule has 2 atom stereocenters. The Balaban J connectivity index is 1.66. The van der Waals surface area contributed by atoms with Crippen LogP contribution in [0, 0.1) is 0 Å². The van der Waals surface area contributed by atoms with Gasteiger partial charge in [0.25, 0.3) is 0 Å². The topological polar surface area (TPSA) is 15.7 Å². The summed E-state index contributed by atoms with van der Waals surface area (Å²) in [6.07, 6.45) is 5.38. The van der Waals surface area contributed by atoms with Gasteiger partial charge >= 0.3 is 0 Å². The van der Waals surface area contributed by atoms with E-state index in [0.29, 0.717) is 5.54 Å². The van der Waals surface area contributed by atoms with Gasteiger partial charge in [0.15, 0.2) is 0 Å². The van der Waals surface area contributed by atoms with E-state index in [4.69, 9.17) is 4.74 Å². The second kappa shape index (κ2) is 4.28. The monoisotopic (exact) mass is 224 g/mol. The number of ether oxygens (including phenoxy) is 1. The van der Waals surface area contributed by atoms with E-state index >= 15 is 0 Å². The van der Waals surface area contributed by atoms with Crippen LogP contribution in [-0.4, -0.2) is 60.8 Å². The lowest BCUT2D eigenvalue weighted by atomic mass is 9.91. The smallest absolute Gasteiger partial charge is 0.0647 e. The van der Waals surface area contributed by atoms with Gasteiger partial charge in [-0.15, -0.1) is 0 Å². The summed E-state index contributed by atoms with van der Waals surface area (Å²) in [5, 5.41) is 0. The third-order valence-electron chi connectivity index (χ3n) is 4.77. The molecule has 3 nitrogen and oxygen atoms in total. The third kappa shape index (κ3) is 1.89. The normalized spacial score (nSPS) is 42.2. The molecule has 0 aromatic rings. The molecular formula is C13H24N2O. The van der Waals surface area contributed by atoms with Gasteiger partial charge in [0.2, 0.25) is 0 Å². The molecule has 3 fully saturated rings. The van der Waals surface area contributed by atoms with Gasteiger partial charge in [-0.25, -0.2) is 0 Å². The highest BCUT2D eigenvalue weighted by atomic mass is 16.5. The van der Waals surface area contributed by atoms with Crippen LogP contribution in [-0.2, 0) is 4.74 Å². The van der Waals surface area contributed by atoms with Crippen molar-refractivity contribution in [2.45, 2.75) is 44.2 Å². The van der Waals surface area contributed by atoms with Crippen LogP contribution >= 0.6 is 0 Å². The minimum absolute atomic E-state index is 0.326. The van der Waals surface area contributed by atoms with Crippen LogP contribution in [0.5, 0.6) is 0 Å². The van der Waals surface area contributed by atoms with Crippen molar-refractivity contribution in [2.75, 3.05) is 39.4 Å². The average Bonchev–Trinajstić information content (AvgIpc) is 2.77. The highest BCUT2D eigenvalue weighted by Crippen LogP contribution is 2.30. The maximum atomic E-state index is 5.69. The Morgan fingerprint density at radius 2 is 2.12 bits per heavy atom. The first-order valence-corrected chi connectivity index (χ1v) is 6.85. The van der Waals surface area contributed by atoms with Crippen LogP contribution in [0.1, 0.15) is 32.6 Å². The van der Waals surface area contributed by atoms with Gasteiger partial charge in [-0.3, -0.25) is 9.80 Å². The van der Waals surface area contributed by atoms with E-state index < -0.39 is 0 Å². The van der Waals surface area contributed by atoms with Crippen molar-refractivity contribution in [3.63, 3.8) is 0 Å². The van der Waals surface area contributed by atoms with Crippen LogP contribution in [0.25, 0.3) is 0 Å². The van der Waals surface area contributed by atoms with Crippen LogP contribution in [0.3, 0.4) is 0 Å². The van der Waals surface area contributed by atoms with Crippen LogP contribution in [0.2, 0.25) is 0 Å². The van der Waals surface area contributed by atoms with Crippen molar-refractivity contribution in [1.82, 2.24) is 9.80 Å². The third-order valence-corrected chi connectivity index (χ3v) is 4.77. The van der Waals surface area contributed by atoms with Crippen molar-refractivity contribution in [3.8, 4) is 0 Å². The summed E-state index contributed by atoms with van der Waals surface area (Å²) >= 11 is 0. The maximum absolute atomic E-state index is 5.69. The van der Waals surface area contributed by atoms with E-state index in [1.165, 1.54) is 51.9 Å². The summed E-state index contributed by atoms with van der Waals surface area (Å²) in [6.45, 7) is 9.46. The molecule has 3 aliphatic rings. The first kappa shape index (κ1) is 11.0. The second-order valence-electron chi connectivity index (χ2n) is 5.93. The lowest BCUT2D eigenvalue weighted by molar-refractivity contribution is -0.0634. The summed E-state index contributed by atoms with van der Waals surface area (Å²) < 4.78 is 5.69. The Morgan fingerprint density at radius 3 is 2.94 bits per heavy atom. The Hall–Kier alpha value is -0.120. The van der Waals surface area contributed by atoms with Gasteiger partial charge in [-0.2, -0.15) is 0 Å². The van der Waals surface area contributed by atoms with E-state index in [2.05, 4.69) is 16.7 Å². The van der Waals surface area contributed by atoms with Gasteiger partial charge < -0.3 is 4.74 Å². The number of hydrogen-bond acceptors (Lipinski definition) is 3. The molecule has 0 bridgehead atoms. The molecule has 3 rings (SSSR count). The number of fused-ring (bicyclic) bond motifs is 1. The van der Waals surface area contributed by atoms with E-state index in [1.54, 1.807) is 0 Å². The van der Waals surface area contributed by atoms with Gasteiger partial charge in [-0.1, -0.05) is 0 Å². The summed E-state index contributed by atoms with van der Waals surface area (Å²) in [5.74, 6) is 0. The zero-order chi connectivity index (χ0) is 11.0. The van der Waals surface area contributed by atoms with E-state index in [-0.39, 0.29) is 0 Å². The Kier molecular flexibility index (Phi) is 2.94. The lowest BCUT2D eigenvalue weighted by Gasteiger charge is -2.49. The predicted octanol–water partition coefficient (Wildman–Crippen LogP) is 1.34. The molecule has 0 saturated carbocycles. The highest BCUT2D eigenvalue weighted by Gasteiger charge is 2.40. The molecule has 16 heavy (non-hydrogen) atoms. The molecular weight excluding hydrogens is 200 g/mol. The molecule has 2 unspecified atom stereocenters. The van der Waals surface area contributed by atoms with E-state index in [9.17, 15) is 0 Å². The van der Waals surface area contributed by atoms with Gasteiger partial charge in [0.1, 0.15) is 0 Å². The Bertz CT molecular complexity index is 250. The van der Waals surface area contributed by atoms with Crippen LogP contribution in [0.4, 0.5) is 0 Å². The first-order chi connectivity index (χ1) is 7.78. The SMILES string of the molecule is CC1(N2CCN3CCCC3C2)CCCOC1. The lowest BCUT2D eigenvalue weighted by Crippen LogP contribution is -2.60.